The summed E-state index contributed by atoms with van der Waals surface area (Å²) < 4.78 is 9.19. The van der Waals surface area contributed by atoms with E-state index in [4.69, 9.17) is 4.74 Å². The van der Waals surface area contributed by atoms with Gasteiger partial charge in [-0.25, -0.2) is 0 Å². The number of nitrogens with zero attached hydrogens (tertiary/aromatic N) is 2. The van der Waals surface area contributed by atoms with Crippen LogP contribution in [-0.4, -0.2) is 22.0 Å². The molecule has 3 fully saturated rings. The van der Waals surface area contributed by atoms with E-state index >= 15 is 0 Å². The SMILES string of the molecule is CC(C)n1nc(I)cc1[C@H]1[C@@H]2CC3(CCO3)C[C@@H]21. The van der Waals surface area contributed by atoms with Gasteiger partial charge in [-0.05, 0) is 73.6 Å². The first-order valence-corrected chi connectivity index (χ1v) is 8.06. The van der Waals surface area contributed by atoms with Gasteiger partial charge in [0.15, 0.2) is 0 Å². The summed E-state index contributed by atoms with van der Waals surface area (Å²) in [4.78, 5) is 0. The van der Waals surface area contributed by atoms with Crippen molar-refractivity contribution in [3.8, 4) is 0 Å². The van der Waals surface area contributed by atoms with E-state index < -0.39 is 0 Å². The normalized spacial score (nSPS) is 41.2. The van der Waals surface area contributed by atoms with Crippen LogP contribution in [0.25, 0.3) is 0 Å². The quantitative estimate of drug-likeness (QED) is 0.759. The van der Waals surface area contributed by atoms with Crippen LogP contribution in [0, 0.1) is 15.5 Å². The second kappa shape index (κ2) is 3.72. The molecule has 0 N–H and O–H groups in total. The monoisotopic (exact) mass is 358 g/mol. The fourth-order valence-electron chi connectivity index (χ4n) is 4.14. The average molecular weight is 358 g/mol. The maximum atomic E-state index is 5.82. The highest BCUT2D eigenvalue weighted by Gasteiger charge is 2.64. The van der Waals surface area contributed by atoms with Crippen molar-refractivity contribution in [2.45, 2.75) is 50.7 Å². The van der Waals surface area contributed by atoms with Gasteiger partial charge >= 0.3 is 0 Å². The zero-order valence-corrected chi connectivity index (χ0v) is 13.1. The zero-order chi connectivity index (χ0) is 12.5. The molecule has 0 amide bonds. The van der Waals surface area contributed by atoms with Crippen LogP contribution < -0.4 is 0 Å². The van der Waals surface area contributed by atoms with Crippen molar-refractivity contribution in [2.24, 2.45) is 11.8 Å². The van der Waals surface area contributed by atoms with Gasteiger partial charge in [0.2, 0.25) is 0 Å². The first kappa shape index (κ1) is 11.7. The predicted molar refractivity (Wildman–Crippen MR) is 77.6 cm³/mol. The van der Waals surface area contributed by atoms with Gasteiger partial charge in [0, 0.05) is 17.7 Å². The molecule has 98 valence electrons. The molecule has 3 aliphatic rings. The molecule has 1 spiro atoms. The molecular formula is C14H19IN2O. The summed E-state index contributed by atoms with van der Waals surface area (Å²) in [5, 5.41) is 4.64. The zero-order valence-electron chi connectivity index (χ0n) is 10.9. The van der Waals surface area contributed by atoms with Gasteiger partial charge in [-0.3, -0.25) is 4.68 Å². The van der Waals surface area contributed by atoms with E-state index in [0.717, 1.165) is 28.1 Å². The highest BCUT2D eigenvalue weighted by atomic mass is 127. The van der Waals surface area contributed by atoms with E-state index in [1.54, 1.807) is 0 Å². The number of halogens is 1. The summed E-state index contributed by atoms with van der Waals surface area (Å²) in [6.07, 6.45) is 3.89. The Morgan fingerprint density at radius 1 is 1.44 bits per heavy atom. The van der Waals surface area contributed by atoms with Gasteiger partial charge in [0.05, 0.1) is 12.2 Å². The molecular weight excluding hydrogens is 339 g/mol. The Morgan fingerprint density at radius 2 is 2.11 bits per heavy atom. The average Bonchev–Trinajstić information content (AvgIpc) is 2.67. The first-order valence-electron chi connectivity index (χ1n) is 6.99. The lowest BCUT2D eigenvalue weighted by atomic mass is 9.87. The molecule has 1 aromatic rings. The smallest absolute Gasteiger partial charge is 0.123 e. The number of aromatic nitrogens is 2. The Bertz CT molecular complexity index is 478. The minimum atomic E-state index is 0.307. The third-order valence-electron chi connectivity index (χ3n) is 5.08. The van der Waals surface area contributed by atoms with Crippen LogP contribution in [0.5, 0.6) is 0 Å². The van der Waals surface area contributed by atoms with Gasteiger partial charge < -0.3 is 4.74 Å². The van der Waals surface area contributed by atoms with E-state index in [1.165, 1.54) is 25.0 Å². The lowest BCUT2D eigenvalue weighted by molar-refractivity contribution is -0.149. The molecule has 1 aromatic heterocycles. The van der Waals surface area contributed by atoms with Gasteiger partial charge in [0.25, 0.3) is 0 Å². The second-order valence-electron chi connectivity index (χ2n) is 6.47. The topological polar surface area (TPSA) is 27.1 Å². The summed E-state index contributed by atoms with van der Waals surface area (Å²) in [5.41, 5.74) is 1.78. The minimum Gasteiger partial charge on any atom is -0.375 e. The van der Waals surface area contributed by atoms with Crippen LogP contribution in [0.1, 0.15) is 50.8 Å². The Kier molecular flexibility index (Phi) is 2.42. The highest BCUT2D eigenvalue weighted by Crippen LogP contribution is 2.68. The molecule has 2 heterocycles. The summed E-state index contributed by atoms with van der Waals surface area (Å²) in [7, 11) is 0. The molecule has 18 heavy (non-hydrogen) atoms. The fourth-order valence-corrected chi connectivity index (χ4v) is 4.69. The van der Waals surface area contributed by atoms with E-state index in [1.807, 2.05) is 0 Å². The molecule has 2 aliphatic carbocycles. The van der Waals surface area contributed by atoms with Gasteiger partial charge in [-0.1, -0.05) is 0 Å². The van der Waals surface area contributed by atoms with Crippen LogP contribution in [0.4, 0.5) is 0 Å². The molecule has 4 atom stereocenters. The number of ether oxygens (including phenoxy) is 1. The molecule has 3 nitrogen and oxygen atoms in total. The van der Waals surface area contributed by atoms with Crippen molar-refractivity contribution < 1.29 is 4.74 Å². The molecule has 4 rings (SSSR count). The third-order valence-corrected chi connectivity index (χ3v) is 5.61. The van der Waals surface area contributed by atoms with Crippen molar-refractivity contribution >= 4 is 22.6 Å². The van der Waals surface area contributed by atoms with Crippen molar-refractivity contribution in [3.05, 3.63) is 15.5 Å². The Hall–Kier alpha value is -0.100. The third kappa shape index (κ3) is 1.54. The van der Waals surface area contributed by atoms with E-state index in [9.17, 15) is 0 Å². The predicted octanol–water partition coefficient (Wildman–Crippen LogP) is 3.35. The summed E-state index contributed by atoms with van der Waals surface area (Å²) in [6.45, 7) is 5.44. The van der Waals surface area contributed by atoms with Crippen molar-refractivity contribution in [2.75, 3.05) is 6.61 Å². The molecule has 4 heteroatoms. The summed E-state index contributed by atoms with van der Waals surface area (Å²) >= 11 is 2.33. The lowest BCUT2D eigenvalue weighted by Crippen LogP contribution is -2.42. The van der Waals surface area contributed by atoms with Crippen LogP contribution >= 0.6 is 22.6 Å². The number of hydrogen-bond donors (Lipinski definition) is 0. The largest absolute Gasteiger partial charge is 0.375 e. The summed E-state index contributed by atoms with van der Waals surface area (Å²) in [5.74, 6) is 2.50. The maximum Gasteiger partial charge on any atom is 0.123 e. The Balaban J connectivity index is 1.57. The van der Waals surface area contributed by atoms with Crippen molar-refractivity contribution in [1.29, 1.82) is 0 Å². The van der Waals surface area contributed by atoms with Crippen LogP contribution in [0.2, 0.25) is 0 Å². The number of rotatable bonds is 2. The molecule has 2 saturated carbocycles. The van der Waals surface area contributed by atoms with E-state index in [2.05, 4.69) is 52.3 Å². The van der Waals surface area contributed by atoms with E-state index in [0.29, 0.717) is 11.6 Å². The molecule has 1 saturated heterocycles. The van der Waals surface area contributed by atoms with E-state index in [-0.39, 0.29) is 0 Å². The summed E-state index contributed by atoms with van der Waals surface area (Å²) in [6, 6.07) is 2.76. The number of hydrogen-bond acceptors (Lipinski definition) is 2. The van der Waals surface area contributed by atoms with Gasteiger partial charge in [-0.2, -0.15) is 5.10 Å². The molecule has 0 aromatic carbocycles. The second-order valence-corrected chi connectivity index (χ2v) is 7.58. The Labute approximate surface area is 121 Å². The fraction of sp³-hybridized carbons (Fsp3) is 0.786. The van der Waals surface area contributed by atoms with Crippen molar-refractivity contribution in [3.63, 3.8) is 0 Å². The molecule has 1 unspecified atom stereocenters. The molecule has 0 bridgehead atoms. The van der Waals surface area contributed by atoms with Crippen LogP contribution in [-0.2, 0) is 4.74 Å². The minimum absolute atomic E-state index is 0.307. The molecule has 0 radical (unpaired) electrons. The van der Waals surface area contributed by atoms with Crippen LogP contribution in [0.3, 0.4) is 0 Å². The highest BCUT2D eigenvalue weighted by molar-refractivity contribution is 14.1. The standard InChI is InChI=1S/C14H19IN2O/c1-8(2)17-11(5-12(15)16-17)13-9-6-14(3-4-18-14)7-10(9)13/h5,8-10,13H,3-4,6-7H2,1-2H3/t9-,10+,13+,14?. The Morgan fingerprint density at radius 3 is 2.61 bits per heavy atom. The number of fused-ring (bicyclic) bond motifs is 1. The van der Waals surface area contributed by atoms with Gasteiger partial charge in [-0.15, -0.1) is 0 Å². The van der Waals surface area contributed by atoms with Crippen LogP contribution in [0.15, 0.2) is 6.07 Å². The maximum absolute atomic E-state index is 5.82. The molecule has 1 aliphatic heterocycles. The van der Waals surface area contributed by atoms with Crippen molar-refractivity contribution in [1.82, 2.24) is 9.78 Å². The first-order chi connectivity index (χ1) is 8.60. The lowest BCUT2D eigenvalue weighted by Gasteiger charge is -2.40. The van der Waals surface area contributed by atoms with Gasteiger partial charge in [0.1, 0.15) is 3.70 Å².